The monoisotopic (exact) mass is 300 g/mol. The SMILES string of the molecule is N=C(NOC(=O)CCl)C1COC(c2ccc(F)cc2)C1. The zero-order valence-corrected chi connectivity index (χ0v) is 11.3. The first kappa shape index (κ1) is 14.7. The number of nitrogens with one attached hydrogen (secondary N) is 2. The molecular formula is C13H14ClFN2O3. The normalized spacial score (nSPS) is 21.5. The van der Waals surface area contributed by atoms with Crippen LogP contribution in [0.4, 0.5) is 4.39 Å². The number of hydrogen-bond acceptors (Lipinski definition) is 4. The van der Waals surface area contributed by atoms with E-state index in [1.54, 1.807) is 12.1 Å². The van der Waals surface area contributed by atoms with E-state index in [4.69, 9.17) is 21.7 Å². The maximum Gasteiger partial charge on any atom is 0.346 e. The summed E-state index contributed by atoms with van der Waals surface area (Å²) in [6.45, 7) is 0.340. The molecule has 1 aromatic carbocycles. The second-order valence-electron chi connectivity index (χ2n) is 4.43. The molecule has 1 fully saturated rings. The first-order valence-electron chi connectivity index (χ1n) is 6.07. The molecule has 1 heterocycles. The van der Waals surface area contributed by atoms with Gasteiger partial charge in [-0.3, -0.25) is 5.41 Å². The topological polar surface area (TPSA) is 71.4 Å². The zero-order valence-electron chi connectivity index (χ0n) is 10.6. The lowest BCUT2D eigenvalue weighted by atomic mass is 10.00. The van der Waals surface area contributed by atoms with Gasteiger partial charge < -0.3 is 9.57 Å². The highest BCUT2D eigenvalue weighted by atomic mass is 35.5. The van der Waals surface area contributed by atoms with Crippen molar-refractivity contribution in [3.05, 3.63) is 35.6 Å². The molecule has 1 aromatic rings. The second-order valence-corrected chi connectivity index (χ2v) is 4.70. The van der Waals surface area contributed by atoms with Crippen molar-refractivity contribution in [3.8, 4) is 0 Å². The largest absolute Gasteiger partial charge is 0.373 e. The number of halogens is 2. The van der Waals surface area contributed by atoms with Crippen LogP contribution in [0.5, 0.6) is 0 Å². The summed E-state index contributed by atoms with van der Waals surface area (Å²) in [5, 5.41) is 7.77. The quantitative estimate of drug-likeness (QED) is 0.388. The molecule has 1 aliphatic rings. The molecule has 2 rings (SSSR count). The Labute approximate surface area is 120 Å². The van der Waals surface area contributed by atoms with Gasteiger partial charge in [0.1, 0.15) is 17.5 Å². The fourth-order valence-electron chi connectivity index (χ4n) is 1.96. The number of hydroxylamine groups is 1. The van der Waals surface area contributed by atoms with E-state index < -0.39 is 5.97 Å². The molecule has 1 aliphatic heterocycles. The average Bonchev–Trinajstić information content (AvgIpc) is 2.95. The molecule has 0 aromatic heterocycles. The van der Waals surface area contributed by atoms with Gasteiger partial charge in [0.15, 0.2) is 0 Å². The van der Waals surface area contributed by atoms with Crippen LogP contribution < -0.4 is 5.48 Å². The Hall–Kier alpha value is -1.66. The number of benzene rings is 1. The first-order valence-corrected chi connectivity index (χ1v) is 6.60. The fourth-order valence-corrected chi connectivity index (χ4v) is 2.01. The van der Waals surface area contributed by atoms with Crippen molar-refractivity contribution in [3.63, 3.8) is 0 Å². The van der Waals surface area contributed by atoms with Gasteiger partial charge in [-0.05, 0) is 24.1 Å². The highest BCUT2D eigenvalue weighted by molar-refractivity contribution is 6.26. The summed E-state index contributed by atoms with van der Waals surface area (Å²) in [6.07, 6.45) is 0.377. The number of hydrogen-bond donors (Lipinski definition) is 2. The molecule has 0 spiro atoms. The van der Waals surface area contributed by atoms with E-state index in [2.05, 4.69) is 10.3 Å². The van der Waals surface area contributed by atoms with Crippen LogP contribution in [0.1, 0.15) is 18.1 Å². The van der Waals surface area contributed by atoms with E-state index in [1.807, 2.05) is 0 Å². The summed E-state index contributed by atoms with van der Waals surface area (Å²) in [5.41, 5.74) is 3.13. The summed E-state index contributed by atoms with van der Waals surface area (Å²) >= 11 is 5.27. The molecule has 2 unspecified atom stereocenters. The van der Waals surface area contributed by atoms with E-state index in [9.17, 15) is 9.18 Å². The molecule has 20 heavy (non-hydrogen) atoms. The summed E-state index contributed by atoms with van der Waals surface area (Å²) < 4.78 is 18.4. The lowest BCUT2D eigenvalue weighted by Crippen LogP contribution is -2.32. The first-order chi connectivity index (χ1) is 9.60. The molecular weight excluding hydrogens is 287 g/mol. The van der Waals surface area contributed by atoms with Crippen LogP contribution in [-0.4, -0.2) is 24.3 Å². The molecule has 0 radical (unpaired) electrons. The second kappa shape index (κ2) is 6.67. The van der Waals surface area contributed by atoms with E-state index >= 15 is 0 Å². The maximum atomic E-state index is 12.8. The molecule has 0 saturated carbocycles. The number of carbonyl (C=O) groups excluding carboxylic acids is 1. The van der Waals surface area contributed by atoms with Crippen LogP contribution in [0.2, 0.25) is 0 Å². The Balaban J connectivity index is 1.87. The molecule has 5 nitrogen and oxygen atoms in total. The summed E-state index contributed by atoms with van der Waals surface area (Å²) in [5.74, 6) is -1.36. The van der Waals surface area contributed by atoms with Crippen LogP contribution in [-0.2, 0) is 14.4 Å². The van der Waals surface area contributed by atoms with Gasteiger partial charge in [0.05, 0.1) is 12.7 Å². The summed E-state index contributed by atoms with van der Waals surface area (Å²) in [6, 6.07) is 6.07. The number of alkyl halides is 1. The van der Waals surface area contributed by atoms with E-state index in [1.165, 1.54) is 12.1 Å². The molecule has 0 aliphatic carbocycles. The Morgan fingerprint density at radius 1 is 1.50 bits per heavy atom. The Kier molecular flexibility index (Phi) is 4.92. The Morgan fingerprint density at radius 3 is 2.85 bits per heavy atom. The number of amidine groups is 1. The average molecular weight is 301 g/mol. The van der Waals surface area contributed by atoms with Crippen LogP contribution >= 0.6 is 11.6 Å². The van der Waals surface area contributed by atoms with Gasteiger partial charge in [0, 0.05) is 5.92 Å². The molecule has 2 atom stereocenters. The highest BCUT2D eigenvalue weighted by Gasteiger charge is 2.30. The standard InChI is InChI=1S/C13H14ClFN2O3/c14-6-12(18)20-17-13(16)9-5-11(19-7-9)8-1-3-10(15)4-2-8/h1-4,9,11H,5-7H2,(H2,16,17). The maximum absolute atomic E-state index is 12.8. The van der Waals surface area contributed by atoms with E-state index in [-0.39, 0.29) is 29.6 Å². The predicted molar refractivity (Wildman–Crippen MR) is 70.9 cm³/mol. The van der Waals surface area contributed by atoms with Gasteiger partial charge in [-0.15, -0.1) is 11.6 Å². The Bertz CT molecular complexity index is 495. The van der Waals surface area contributed by atoms with Crippen LogP contribution in [0.3, 0.4) is 0 Å². The van der Waals surface area contributed by atoms with Crippen molar-refractivity contribution in [1.29, 1.82) is 5.41 Å². The van der Waals surface area contributed by atoms with Gasteiger partial charge in [-0.1, -0.05) is 12.1 Å². The van der Waals surface area contributed by atoms with Crippen LogP contribution in [0, 0.1) is 17.1 Å². The van der Waals surface area contributed by atoms with Gasteiger partial charge in [-0.2, -0.15) is 0 Å². The number of ether oxygens (including phenoxy) is 1. The summed E-state index contributed by atoms with van der Waals surface area (Å²) in [7, 11) is 0. The Morgan fingerprint density at radius 2 is 2.20 bits per heavy atom. The lowest BCUT2D eigenvalue weighted by molar-refractivity contribution is -0.144. The van der Waals surface area contributed by atoms with E-state index in [0.29, 0.717) is 13.0 Å². The minimum Gasteiger partial charge on any atom is -0.373 e. The number of carbonyl (C=O) groups is 1. The van der Waals surface area contributed by atoms with Gasteiger partial charge in [0.2, 0.25) is 0 Å². The van der Waals surface area contributed by atoms with Crippen LogP contribution in [0.25, 0.3) is 0 Å². The van der Waals surface area contributed by atoms with Crippen molar-refractivity contribution >= 4 is 23.4 Å². The van der Waals surface area contributed by atoms with Crippen molar-refractivity contribution in [1.82, 2.24) is 5.48 Å². The minimum atomic E-state index is -0.648. The third kappa shape index (κ3) is 3.68. The smallest absolute Gasteiger partial charge is 0.346 e. The third-order valence-electron chi connectivity index (χ3n) is 3.03. The fraction of sp³-hybridized carbons (Fsp3) is 0.385. The van der Waals surface area contributed by atoms with Gasteiger partial charge >= 0.3 is 5.97 Å². The van der Waals surface area contributed by atoms with Gasteiger partial charge in [0.25, 0.3) is 0 Å². The number of rotatable bonds is 3. The minimum absolute atomic E-state index is 0.0630. The molecule has 108 valence electrons. The molecule has 0 amide bonds. The predicted octanol–water partition coefficient (Wildman–Crippen LogP) is 2.17. The van der Waals surface area contributed by atoms with E-state index in [0.717, 1.165) is 5.56 Å². The third-order valence-corrected chi connectivity index (χ3v) is 3.25. The van der Waals surface area contributed by atoms with Crippen molar-refractivity contribution in [2.24, 2.45) is 5.92 Å². The molecule has 0 bridgehead atoms. The van der Waals surface area contributed by atoms with Crippen molar-refractivity contribution < 1.29 is 18.8 Å². The zero-order chi connectivity index (χ0) is 14.5. The van der Waals surface area contributed by atoms with Crippen molar-refractivity contribution in [2.75, 3.05) is 12.5 Å². The molecule has 2 N–H and O–H groups in total. The highest BCUT2D eigenvalue weighted by Crippen LogP contribution is 2.32. The summed E-state index contributed by atoms with van der Waals surface area (Å²) in [4.78, 5) is 15.4. The lowest BCUT2D eigenvalue weighted by Gasteiger charge is -2.12. The molecule has 7 heteroatoms. The van der Waals surface area contributed by atoms with Gasteiger partial charge in [-0.25, -0.2) is 14.7 Å². The molecule has 1 saturated heterocycles. The van der Waals surface area contributed by atoms with Crippen LogP contribution in [0.15, 0.2) is 24.3 Å². The van der Waals surface area contributed by atoms with Crippen molar-refractivity contribution in [2.45, 2.75) is 12.5 Å².